The highest BCUT2D eigenvalue weighted by Gasteiger charge is 2.41. The lowest BCUT2D eigenvalue weighted by molar-refractivity contribution is -0.119. The molecule has 1 saturated heterocycles. The molecular weight excluding hydrogens is 332 g/mol. The SMILES string of the molecule is C[C@H]1CS(=O)(=O)N(c2ccc(C(=O)NCc3ccco3)cc2)C1=O. The number of furan rings is 1. The maximum Gasteiger partial charge on any atom is 0.251 e. The molecule has 1 aromatic heterocycles. The van der Waals surface area contributed by atoms with Gasteiger partial charge >= 0.3 is 0 Å². The standard InChI is InChI=1S/C16H16N2O5S/c1-11-10-24(21,22)18(16(11)20)13-6-4-12(5-7-13)15(19)17-9-14-3-2-8-23-14/h2-8,11H,9-10H2,1H3,(H,17,19)/t11-/m0/s1. The van der Waals surface area contributed by atoms with Crippen molar-refractivity contribution in [3.63, 3.8) is 0 Å². The summed E-state index contributed by atoms with van der Waals surface area (Å²) in [6.45, 7) is 1.83. The van der Waals surface area contributed by atoms with Crippen molar-refractivity contribution in [2.24, 2.45) is 5.92 Å². The number of nitrogens with zero attached hydrogens (tertiary/aromatic N) is 1. The molecule has 24 heavy (non-hydrogen) atoms. The van der Waals surface area contributed by atoms with Gasteiger partial charge in [-0.1, -0.05) is 6.92 Å². The second-order valence-corrected chi connectivity index (χ2v) is 7.45. The molecule has 2 aromatic rings. The summed E-state index contributed by atoms with van der Waals surface area (Å²) in [6, 6.07) is 9.35. The maximum absolute atomic E-state index is 12.1. The van der Waals surface area contributed by atoms with E-state index in [0.717, 1.165) is 4.31 Å². The Balaban J connectivity index is 1.73. The third-order valence-corrected chi connectivity index (χ3v) is 5.60. The van der Waals surface area contributed by atoms with Gasteiger partial charge in [-0.2, -0.15) is 0 Å². The molecule has 1 aliphatic heterocycles. The average molecular weight is 348 g/mol. The Morgan fingerprint density at radius 1 is 1.29 bits per heavy atom. The van der Waals surface area contributed by atoms with E-state index in [4.69, 9.17) is 4.42 Å². The quantitative estimate of drug-likeness (QED) is 0.904. The van der Waals surface area contributed by atoms with Crippen LogP contribution in [0.1, 0.15) is 23.0 Å². The fraction of sp³-hybridized carbons (Fsp3) is 0.250. The minimum atomic E-state index is -3.64. The fourth-order valence-corrected chi connectivity index (χ4v) is 4.34. The number of nitrogens with one attached hydrogen (secondary N) is 1. The highest BCUT2D eigenvalue weighted by atomic mass is 32.2. The molecule has 1 N–H and O–H groups in total. The molecular formula is C16H16N2O5S. The number of hydrogen-bond donors (Lipinski definition) is 1. The van der Waals surface area contributed by atoms with Crippen LogP contribution in [0.3, 0.4) is 0 Å². The van der Waals surface area contributed by atoms with Crippen LogP contribution in [0, 0.1) is 5.92 Å². The van der Waals surface area contributed by atoms with E-state index in [1.165, 1.54) is 30.5 Å². The lowest BCUT2D eigenvalue weighted by atomic mass is 10.1. The molecule has 1 aromatic carbocycles. The van der Waals surface area contributed by atoms with Crippen LogP contribution in [0.4, 0.5) is 5.69 Å². The van der Waals surface area contributed by atoms with Gasteiger partial charge in [-0.05, 0) is 36.4 Å². The molecule has 8 heteroatoms. The van der Waals surface area contributed by atoms with Crippen molar-refractivity contribution in [1.82, 2.24) is 5.32 Å². The van der Waals surface area contributed by atoms with Gasteiger partial charge in [0.05, 0.1) is 30.2 Å². The highest BCUT2D eigenvalue weighted by molar-refractivity contribution is 7.94. The van der Waals surface area contributed by atoms with Crippen molar-refractivity contribution in [1.29, 1.82) is 0 Å². The topological polar surface area (TPSA) is 96.7 Å². The number of hydrogen-bond acceptors (Lipinski definition) is 5. The van der Waals surface area contributed by atoms with Gasteiger partial charge in [-0.25, -0.2) is 12.7 Å². The van der Waals surface area contributed by atoms with Crippen LogP contribution < -0.4 is 9.62 Å². The molecule has 0 bridgehead atoms. The average Bonchev–Trinajstić information content (AvgIpc) is 3.12. The number of carbonyl (C=O) groups excluding carboxylic acids is 2. The molecule has 0 unspecified atom stereocenters. The normalized spacial score (nSPS) is 19.5. The molecule has 1 aliphatic rings. The first kappa shape index (κ1) is 16.3. The van der Waals surface area contributed by atoms with E-state index in [1.807, 2.05) is 0 Å². The molecule has 3 rings (SSSR count). The summed E-state index contributed by atoms with van der Waals surface area (Å²) in [7, 11) is -3.64. The molecule has 0 radical (unpaired) electrons. The van der Waals surface area contributed by atoms with Crippen LogP contribution in [0.2, 0.25) is 0 Å². The number of rotatable bonds is 4. The Morgan fingerprint density at radius 2 is 2.00 bits per heavy atom. The van der Waals surface area contributed by atoms with E-state index in [-0.39, 0.29) is 23.9 Å². The Hall–Kier alpha value is -2.61. The monoisotopic (exact) mass is 348 g/mol. The first-order valence-corrected chi connectivity index (χ1v) is 8.97. The first-order chi connectivity index (χ1) is 11.4. The zero-order chi connectivity index (χ0) is 17.3. The van der Waals surface area contributed by atoms with Gasteiger partial charge in [0.25, 0.3) is 5.91 Å². The Kier molecular flexibility index (Phi) is 4.15. The number of carbonyl (C=O) groups is 2. The third-order valence-electron chi connectivity index (χ3n) is 3.73. The number of anilines is 1. The largest absolute Gasteiger partial charge is 0.467 e. The van der Waals surface area contributed by atoms with E-state index < -0.39 is 21.8 Å². The van der Waals surface area contributed by atoms with E-state index in [9.17, 15) is 18.0 Å². The summed E-state index contributed by atoms with van der Waals surface area (Å²) in [4.78, 5) is 24.1. The molecule has 0 saturated carbocycles. The Labute approximate surface area is 139 Å². The van der Waals surface area contributed by atoms with Crippen molar-refractivity contribution in [2.45, 2.75) is 13.5 Å². The van der Waals surface area contributed by atoms with Crippen LogP contribution in [0.25, 0.3) is 0 Å². The predicted molar refractivity (Wildman–Crippen MR) is 86.8 cm³/mol. The van der Waals surface area contributed by atoms with Crippen LogP contribution in [-0.2, 0) is 21.4 Å². The minimum absolute atomic E-state index is 0.197. The van der Waals surface area contributed by atoms with E-state index in [2.05, 4.69) is 5.32 Å². The molecule has 2 heterocycles. The van der Waals surface area contributed by atoms with Gasteiger partial charge in [-0.15, -0.1) is 0 Å². The van der Waals surface area contributed by atoms with Gasteiger partial charge in [-0.3, -0.25) is 9.59 Å². The molecule has 0 aliphatic carbocycles. The molecule has 0 spiro atoms. The molecule has 7 nitrogen and oxygen atoms in total. The van der Waals surface area contributed by atoms with Crippen molar-refractivity contribution in [3.8, 4) is 0 Å². The third kappa shape index (κ3) is 3.05. The minimum Gasteiger partial charge on any atom is -0.467 e. The number of amides is 2. The first-order valence-electron chi connectivity index (χ1n) is 7.36. The Morgan fingerprint density at radius 3 is 2.54 bits per heavy atom. The summed E-state index contributed by atoms with van der Waals surface area (Å²) < 4.78 is 30.0. The molecule has 2 amide bonds. The summed E-state index contributed by atoms with van der Waals surface area (Å²) in [6.07, 6.45) is 1.52. The highest BCUT2D eigenvalue weighted by Crippen LogP contribution is 2.28. The van der Waals surface area contributed by atoms with Crippen molar-refractivity contribution >= 4 is 27.5 Å². The maximum atomic E-state index is 12.1. The van der Waals surface area contributed by atoms with Gasteiger partial charge in [0, 0.05) is 5.56 Å². The second kappa shape index (κ2) is 6.12. The number of sulfonamides is 1. The zero-order valence-electron chi connectivity index (χ0n) is 12.9. The van der Waals surface area contributed by atoms with Crippen LogP contribution >= 0.6 is 0 Å². The van der Waals surface area contributed by atoms with E-state index in [0.29, 0.717) is 11.3 Å². The predicted octanol–water partition coefficient (Wildman–Crippen LogP) is 1.52. The van der Waals surface area contributed by atoms with Crippen LogP contribution in [-0.4, -0.2) is 26.0 Å². The second-order valence-electron chi connectivity index (χ2n) is 5.59. The number of benzene rings is 1. The summed E-state index contributed by atoms with van der Waals surface area (Å²) in [5, 5.41) is 2.69. The van der Waals surface area contributed by atoms with Gasteiger partial charge < -0.3 is 9.73 Å². The van der Waals surface area contributed by atoms with Crippen LogP contribution in [0.15, 0.2) is 47.1 Å². The smallest absolute Gasteiger partial charge is 0.251 e. The zero-order valence-corrected chi connectivity index (χ0v) is 13.7. The van der Waals surface area contributed by atoms with Crippen molar-refractivity contribution in [2.75, 3.05) is 10.1 Å². The van der Waals surface area contributed by atoms with E-state index in [1.54, 1.807) is 19.1 Å². The van der Waals surface area contributed by atoms with Crippen molar-refractivity contribution in [3.05, 3.63) is 54.0 Å². The molecule has 1 fully saturated rings. The van der Waals surface area contributed by atoms with Gasteiger partial charge in [0.1, 0.15) is 5.76 Å². The molecule has 126 valence electrons. The fourth-order valence-electron chi connectivity index (χ4n) is 2.52. The van der Waals surface area contributed by atoms with E-state index >= 15 is 0 Å². The summed E-state index contributed by atoms with van der Waals surface area (Å²) in [5.41, 5.74) is 0.606. The van der Waals surface area contributed by atoms with Gasteiger partial charge in [0.2, 0.25) is 15.9 Å². The summed E-state index contributed by atoms with van der Waals surface area (Å²) in [5.74, 6) is -0.905. The van der Waals surface area contributed by atoms with Crippen LogP contribution in [0.5, 0.6) is 0 Å². The van der Waals surface area contributed by atoms with Crippen molar-refractivity contribution < 1.29 is 22.4 Å². The van der Waals surface area contributed by atoms with Gasteiger partial charge in [0.15, 0.2) is 0 Å². The molecule has 1 atom stereocenters. The lowest BCUT2D eigenvalue weighted by Crippen LogP contribution is -2.30. The summed E-state index contributed by atoms with van der Waals surface area (Å²) >= 11 is 0. The Bertz CT molecular complexity index is 856. The lowest BCUT2D eigenvalue weighted by Gasteiger charge is -2.15.